The molecule has 0 aromatic carbocycles. The van der Waals surface area contributed by atoms with Crippen LogP contribution in [-0.4, -0.2) is 85.0 Å². The third-order valence-corrected chi connectivity index (χ3v) is 12.9. The number of nitrogens with one attached hydrogen (secondary N) is 1. The van der Waals surface area contributed by atoms with Gasteiger partial charge in [-0.3, -0.25) is 19.2 Å². The van der Waals surface area contributed by atoms with Crippen molar-refractivity contribution in [1.29, 1.82) is 0 Å². The standard InChI is InChI=1S/C60H105N3O6/c1-9-17-19-20-21-22-23-24-25-26-27-28-29-30-31-32-33-34-35-44-56(64)63(51-37-36-50-62(15-7)16-8)60(59(67)61-49-18-10-2,47-38-45-57(65)68-52-54(40-11-3)41-12-4)48-39-46-58(66)69-53-55(42-13-5)43-14-6/h17,19,21-22,24-25,27-28,30-31,33-34,54-55H,9-16,18,20,23,26,29,32,35-53H2,1-8H3,(H,61,67)/b19-17-,22-21-,25-24-,28-27-,31-30-,34-33-. The number of carbonyl (C=O) groups is 4. The van der Waals surface area contributed by atoms with E-state index in [1.54, 1.807) is 0 Å². The van der Waals surface area contributed by atoms with Crippen molar-refractivity contribution in [2.45, 2.75) is 228 Å². The van der Waals surface area contributed by atoms with E-state index in [1.165, 1.54) is 0 Å². The molecule has 0 aliphatic heterocycles. The Balaban J connectivity index is 6.36. The summed E-state index contributed by atoms with van der Waals surface area (Å²) in [4.78, 5) is 60.4. The van der Waals surface area contributed by atoms with Crippen LogP contribution in [0.2, 0.25) is 0 Å². The van der Waals surface area contributed by atoms with Gasteiger partial charge >= 0.3 is 11.9 Å². The van der Waals surface area contributed by atoms with E-state index >= 15 is 0 Å². The molecule has 0 spiro atoms. The molecule has 0 rings (SSSR count). The first kappa shape index (κ1) is 65.3. The monoisotopic (exact) mass is 964 g/mol. The van der Waals surface area contributed by atoms with Crippen LogP contribution in [0, 0.1) is 11.8 Å². The fourth-order valence-corrected chi connectivity index (χ4v) is 8.86. The topological polar surface area (TPSA) is 105 Å². The molecule has 0 bridgehead atoms. The molecule has 396 valence electrons. The number of carbonyl (C=O) groups excluding carboxylic acids is 4. The van der Waals surface area contributed by atoms with Crippen LogP contribution in [0.3, 0.4) is 0 Å². The highest BCUT2D eigenvalue weighted by Crippen LogP contribution is 2.32. The second-order valence-corrected chi connectivity index (χ2v) is 18.8. The van der Waals surface area contributed by atoms with Crippen LogP contribution in [-0.2, 0) is 28.7 Å². The molecule has 1 N–H and O–H groups in total. The Labute approximate surface area is 424 Å². The summed E-state index contributed by atoms with van der Waals surface area (Å²) in [5.74, 6) is -0.106. The minimum Gasteiger partial charge on any atom is -0.465 e. The van der Waals surface area contributed by atoms with Crippen LogP contribution < -0.4 is 5.32 Å². The van der Waals surface area contributed by atoms with Gasteiger partial charge in [-0.2, -0.15) is 0 Å². The van der Waals surface area contributed by atoms with Crippen molar-refractivity contribution in [1.82, 2.24) is 15.1 Å². The summed E-state index contributed by atoms with van der Waals surface area (Å²) in [6, 6.07) is 0. The van der Waals surface area contributed by atoms with Crippen molar-refractivity contribution in [3.8, 4) is 0 Å². The predicted octanol–water partition coefficient (Wildman–Crippen LogP) is 14.9. The summed E-state index contributed by atoms with van der Waals surface area (Å²) in [5.41, 5.74) is -1.24. The number of hydrogen-bond donors (Lipinski definition) is 1. The SMILES string of the molecule is CC/C=C\C/C=C\C/C=C\C/C=C\C/C=C\C/C=C\CCC(=O)N(CCCCN(CC)CC)C(CCCC(=O)OCC(CCC)CCC)(CCCC(=O)OCC(CCC)CCC)C(=O)NCCCC. The molecule has 0 saturated heterocycles. The van der Waals surface area contributed by atoms with E-state index in [-0.39, 0.29) is 43.0 Å². The summed E-state index contributed by atoms with van der Waals surface area (Å²) in [5, 5.41) is 3.22. The fraction of sp³-hybridized carbons (Fsp3) is 0.733. The Hall–Kier alpha value is -3.72. The summed E-state index contributed by atoms with van der Waals surface area (Å²) in [6.07, 6.45) is 45.9. The molecule has 0 aromatic heterocycles. The van der Waals surface area contributed by atoms with Gasteiger partial charge in [0.05, 0.1) is 13.2 Å². The van der Waals surface area contributed by atoms with E-state index in [2.05, 4.69) is 139 Å². The van der Waals surface area contributed by atoms with E-state index in [0.29, 0.717) is 70.2 Å². The minimum atomic E-state index is -1.24. The van der Waals surface area contributed by atoms with Crippen molar-refractivity contribution in [2.24, 2.45) is 11.8 Å². The molecule has 0 unspecified atom stereocenters. The van der Waals surface area contributed by atoms with Gasteiger partial charge in [-0.1, -0.05) is 160 Å². The zero-order chi connectivity index (χ0) is 51.1. The molecule has 0 radical (unpaired) electrons. The molecule has 69 heavy (non-hydrogen) atoms. The maximum absolute atomic E-state index is 14.9. The number of unbranched alkanes of at least 4 members (excludes halogenated alkanes) is 2. The minimum absolute atomic E-state index is 0.0721. The first-order valence-corrected chi connectivity index (χ1v) is 28.1. The summed E-state index contributed by atoms with van der Waals surface area (Å²) >= 11 is 0. The van der Waals surface area contributed by atoms with Gasteiger partial charge in [0.2, 0.25) is 11.8 Å². The van der Waals surface area contributed by atoms with Gasteiger partial charge in [0, 0.05) is 32.4 Å². The third-order valence-electron chi connectivity index (χ3n) is 12.9. The summed E-state index contributed by atoms with van der Waals surface area (Å²) < 4.78 is 11.7. The van der Waals surface area contributed by atoms with Crippen LogP contribution in [0.15, 0.2) is 72.9 Å². The normalized spacial score (nSPS) is 12.5. The largest absolute Gasteiger partial charge is 0.465 e. The van der Waals surface area contributed by atoms with Gasteiger partial charge in [-0.05, 0) is 147 Å². The molecular weight excluding hydrogens is 859 g/mol. The van der Waals surface area contributed by atoms with Crippen LogP contribution in [0.25, 0.3) is 0 Å². The number of ether oxygens (including phenoxy) is 2. The van der Waals surface area contributed by atoms with Gasteiger partial charge in [-0.15, -0.1) is 0 Å². The fourth-order valence-electron chi connectivity index (χ4n) is 8.86. The second kappa shape index (κ2) is 46.7. The van der Waals surface area contributed by atoms with Gasteiger partial charge in [0.15, 0.2) is 0 Å². The Morgan fingerprint density at radius 3 is 1.32 bits per heavy atom. The van der Waals surface area contributed by atoms with E-state index in [1.807, 2.05) is 4.90 Å². The maximum atomic E-state index is 14.9. The zero-order valence-electron chi connectivity index (χ0n) is 45.8. The molecule has 0 aliphatic rings. The highest BCUT2D eigenvalue weighted by molar-refractivity contribution is 5.91. The lowest BCUT2D eigenvalue weighted by atomic mass is 9.83. The number of hydrogen-bond acceptors (Lipinski definition) is 7. The molecule has 0 fully saturated rings. The van der Waals surface area contributed by atoms with Crippen molar-refractivity contribution in [3.63, 3.8) is 0 Å². The van der Waals surface area contributed by atoms with Crippen molar-refractivity contribution < 1.29 is 28.7 Å². The van der Waals surface area contributed by atoms with Crippen LogP contribution in [0.4, 0.5) is 0 Å². The third kappa shape index (κ3) is 34.3. The smallest absolute Gasteiger partial charge is 0.305 e. The predicted molar refractivity (Wildman–Crippen MR) is 293 cm³/mol. The van der Waals surface area contributed by atoms with E-state index in [0.717, 1.165) is 135 Å². The second-order valence-electron chi connectivity index (χ2n) is 18.8. The molecular formula is C60H105N3O6. The van der Waals surface area contributed by atoms with E-state index < -0.39 is 5.54 Å². The first-order valence-electron chi connectivity index (χ1n) is 28.1. The lowest BCUT2D eigenvalue weighted by Crippen LogP contribution is -2.61. The van der Waals surface area contributed by atoms with Crippen molar-refractivity contribution in [3.05, 3.63) is 72.9 Å². The van der Waals surface area contributed by atoms with Gasteiger partial charge in [0.1, 0.15) is 5.54 Å². The van der Waals surface area contributed by atoms with Gasteiger partial charge in [0.25, 0.3) is 0 Å². The molecule has 9 heteroatoms. The molecule has 0 heterocycles. The van der Waals surface area contributed by atoms with Crippen LogP contribution in [0.1, 0.15) is 222 Å². The Morgan fingerprint density at radius 1 is 0.493 bits per heavy atom. The number of rotatable bonds is 46. The highest BCUT2D eigenvalue weighted by atomic mass is 16.5. The molecule has 0 aliphatic carbocycles. The Bertz CT molecular complexity index is 1410. The molecule has 2 amide bonds. The molecule has 0 aromatic rings. The van der Waals surface area contributed by atoms with Crippen LogP contribution >= 0.6 is 0 Å². The van der Waals surface area contributed by atoms with Crippen molar-refractivity contribution in [2.75, 3.05) is 45.9 Å². The lowest BCUT2D eigenvalue weighted by Gasteiger charge is -2.43. The highest BCUT2D eigenvalue weighted by Gasteiger charge is 2.45. The zero-order valence-corrected chi connectivity index (χ0v) is 45.8. The number of amides is 2. The molecule has 0 saturated carbocycles. The number of nitrogens with zero attached hydrogens (tertiary/aromatic N) is 2. The van der Waals surface area contributed by atoms with Gasteiger partial charge < -0.3 is 24.6 Å². The Kier molecular flexibility index (Phi) is 44.1. The van der Waals surface area contributed by atoms with E-state index in [9.17, 15) is 19.2 Å². The quantitative estimate of drug-likeness (QED) is 0.0368. The van der Waals surface area contributed by atoms with Crippen molar-refractivity contribution >= 4 is 23.8 Å². The molecule has 9 nitrogen and oxygen atoms in total. The average Bonchev–Trinajstić information content (AvgIpc) is 3.34. The Morgan fingerprint density at radius 2 is 0.913 bits per heavy atom. The summed E-state index contributed by atoms with van der Waals surface area (Å²) in [6.45, 7) is 21.8. The lowest BCUT2D eigenvalue weighted by molar-refractivity contribution is -0.151. The van der Waals surface area contributed by atoms with E-state index in [4.69, 9.17) is 9.47 Å². The maximum Gasteiger partial charge on any atom is 0.305 e. The number of allylic oxidation sites excluding steroid dienone is 12. The molecule has 0 atom stereocenters. The van der Waals surface area contributed by atoms with Gasteiger partial charge in [-0.25, -0.2) is 0 Å². The first-order chi connectivity index (χ1) is 33.6. The average molecular weight is 965 g/mol. The summed E-state index contributed by atoms with van der Waals surface area (Å²) in [7, 11) is 0. The van der Waals surface area contributed by atoms with Crippen LogP contribution in [0.5, 0.6) is 0 Å². The number of esters is 2.